The van der Waals surface area contributed by atoms with E-state index in [0.29, 0.717) is 29.4 Å². The summed E-state index contributed by atoms with van der Waals surface area (Å²) in [5, 5.41) is 19.5. The van der Waals surface area contributed by atoms with Crippen LogP contribution in [0.3, 0.4) is 0 Å². The van der Waals surface area contributed by atoms with Gasteiger partial charge in [-0.25, -0.2) is 4.39 Å². The van der Waals surface area contributed by atoms with Gasteiger partial charge in [0.25, 0.3) is 11.8 Å². The van der Waals surface area contributed by atoms with E-state index in [1.165, 1.54) is 12.1 Å². The zero-order valence-electron chi connectivity index (χ0n) is 20.9. The molecule has 1 amide bonds. The number of nitrogens with one attached hydrogen (secondary N) is 1. The normalized spacial score (nSPS) is 12.9. The van der Waals surface area contributed by atoms with Gasteiger partial charge in [0.2, 0.25) is 17.5 Å². The first-order valence-electron chi connectivity index (χ1n) is 11.9. The molecule has 0 saturated carbocycles. The molecule has 0 saturated heterocycles. The van der Waals surface area contributed by atoms with Crippen molar-refractivity contribution in [3.63, 3.8) is 0 Å². The Morgan fingerprint density at radius 3 is 2.22 bits per heavy atom. The molecule has 0 bridgehead atoms. The summed E-state index contributed by atoms with van der Waals surface area (Å²) in [6.07, 6.45) is 0.0161. The third-order valence-electron chi connectivity index (χ3n) is 5.54. The van der Waals surface area contributed by atoms with E-state index in [9.17, 15) is 9.18 Å². The van der Waals surface area contributed by atoms with Gasteiger partial charge in [0.1, 0.15) is 11.6 Å². The number of aliphatic hydroxyl groups excluding tert-OH is 1. The van der Waals surface area contributed by atoms with E-state index in [1.54, 1.807) is 19.1 Å². The molecule has 0 aliphatic carbocycles. The molecule has 37 heavy (non-hydrogen) atoms. The standard InChI is InChI=1S/C26H28FN5O5/c1-5-21(35-18-9-6-16(7-10-18)22-29-25(14(2)3)36-31-22)26-30-23(32-37-26)17-8-11-19(20(27)12-17)24(34)28-15(4)13-33/h6-12,14-15,21,33H,5,13H2,1-4H3,(H,28,34). The lowest BCUT2D eigenvalue weighted by Gasteiger charge is -2.13. The minimum atomic E-state index is -0.739. The van der Waals surface area contributed by atoms with Crippen molar-refractivity contribution in [2.24, 2.45) is 0 Å². The molecule has 2 aromatic carbocycles. The van der Waals surface area contributed by atoms with Crippen LogP contribution in [0.2, 0.25) is 0 Å². The second kappa shape index (κ2) is 11.3. The fourth-order valence-corrected chi connectivity index (χ4v) is 3.41. The van der Waals surface area contributed by atoms with Crippen LogP contribution in [-0.4, -0.2) is 43.9 Å². The summed E-state index contributed by atoms with van der Waals surface area (Å²) in [6.45, 7) is 7.23. The van der Waals surface area contributed by atoms with Crippen LogP contribution in [0, 0.1) is 5.82 Å². The number of carbonyl (C=O) groups is 1. The molecular weight excluding hydrogens is 481 g/mol. The second-order valence-electron chi connectivity index (χ2n) is 8.86. The zero-order valence-corrected chi connectivity index (χ0v) is 20.9. The van der Waals surface area contributed by atoms with Crippen molar-refractivity contribution >= 4 is 5.91 Å². The van der Waals surface area contributed by atoms with E-state index in [2.05, 4.69) is 25.6 Å². The summed E-state index contributed by atoms with van der Waals surface area (Å²) >= 11 is 0. The second-order valence-corrected chi connectivity index (χ2v) is 8.86. The number of aliphatic hydroxyl groups is 1. The van der Waals surface area contributed by atoms with Crippen LogP contribution in [0.1, 0.15) is 68.3 Å². The number of amides is 1. The maximum absolute atomic E-state index is 14.6. The third-order valence-corrected chi connectivity index (χ3v) is 5.54. The van der Waals surface area contributed by atoms with E-state index in [0.717, 1.165) is 11.6 Å². The molecule has 0 radical (unpaired) electrons. The molecule has 2 N–H and O–H groups in total. The molecule has 0 aliphatic heterocycles. The lowest BCUT2D eigenvalue weighted by molar-refractivity contribution is 0.0918. The van der Waals surface area contributed by atoms with Gasteiger partial charge in [-0.3, -0.25) is 4.79 Å². The topological polar surface area (TPSA) is 136 Å². The maximum atomic E-state index is 14.6. The Morgan fingerprint density at radius 1 is 1.00 bits per heavy atom. The highest BCUT2D eigenvalue weighted by atomic mass is 19.1. The Kier molecular flexibility index (Phi) is 7.92. The average Bonchev–Trinajstić information content (AvgIpc) is 3.58. The molecule has 2 unspecified atom stereocenters. The molecular formula is C26H28FN5O5. The highest BCUT2D eigenvalue weighted by Crippen LogP contribution is 2.28. The fraction of sp³-hybridized carbons (Fsp3) is 0.346. The monoisotopic (exact) mass is 509 g/mol. The molecule has 194 valence electrons. The zero-order chi connectivity index (χ0) is 26.5. The van der Waals surface area contributed by atoms with Crippen LogP contribution in [0.4, 0.5) is 4.39 Å². The molecule has 2 atom stereocenters. The van der Waals surface area contributed by atoms with Crippen LogP contribution in [0.15, 0.2) is 51.5 Å². The van der Waals surface area contributed by atoms with Crippen molar-refractivity contribution in [2.45, 2.75) is 52.2 Å². The van der Waals surface area contributed by atoms with E-state index < -0.39 is 23.9 Å². The van der Waals surface area contributed by atoms with E-state index in [-0.39, 0.29) is 29.8 Å². The van der Waals surface area contributed by atoms with Crippen LogP contribution in [0.25, 0.3) is 22.8 Å². The number of hydrogen-bond acceptors (Lipinski definition) is 9. The number of carbonyl (C=O) groups excluding carboxylic acids is 1. The summed E-state index contributed by atoms with van der Waals surface area (Å²) in [5.41, 5.74) is 0.993. The number of ether oxygens (including phenoxy) is 1. The largest absolute Gasteiger partial charge is 0.481 e. The Bertz CT molecular complexity index is 1350. The minimum Gasteiger partial charge on any atom is -0.481 e. The van der Waals surface area contributed by atoms with Gasteiger partial charge in [-0.15, -0.1) is 0 Å². The lowest BCUT2D eigenvalue weighted by atomic mass is 10.1. The molecule has 4 rings (SSSR count). The van der Waals surface area contributed by atoms with Gasteiger partial charge in [-0.2, -0.15) is 9.97 Å². The minimum absolute atomic E-state index is 0.142. The smallest absolute Gasteiger partial charge is 0.268 e. The molecule has 0 aliphatic rings. The van der Waals surface area contributed by atoms with Crippen molar-refractivity contribution in [3.8, 4) is 28.5 Å². The van der Waals surface area contributed by atoms with Crippen molar-refractivity contribution in [2.75, 3.05) is 6.61 Å². The number of rotatable bonds is 10. The number of hydrogen-bond donors (Lipinski definition) is 2. The molecule has 2 aromatic heterocycles. The number of benzene rings is 2. The lowest BCUT2D eigenvalue weighted by Crippen LogP contribution is -2.35. The Morgan fingerprint density at radius 2 is 1.62 bits per heavy atom. The molecule has 11 heteroatoms. The summed E-state index contributed by atoms with van der Waals surface area (Å²) in [6, 6.07) is 10.8. The van der Waals surface area contributed by atoms with Gasteiger partial charge in [-0.05, 0) is 49.7 Å². The number of halogens is 1. The average molecular weight is 510 g/mol. The summed E-state index contributed by atoms with van der Waals surface area (Å²) < 4.78 is 31.3. The highest BCUT2D eigenvalue weighted by Gasteiger charge is 2.22. The van der Waals surface area contributed by atoms with E-state index >= 15 is 0 Å². The van der Waals surface area contributed by atoms with Crippen LogP contribution in [0.5, 0.6) is 5.75 Å². The van der Waals surface area contributed by atoms with Gasteiger partial charge in [0, 0.05) is 23.1 Å². The van der Waals surface area contributed by atoms with Crippen molar-refractivity contribution < 1.29 is 28.1 Å². The first-order chi connectivity index (χ1) is 17.8. The SMILES string of the molecule is CCC(Oc1ccc(-c2noc(C(C)C)n2)cc1)c1nc(-c2ccc(C(=O)NC(C)CO)c(F)c2)no1. The maximum Gasteiger partial charge on any atom is 0.268 e. The quantitative estimate of drug-likeness (QED) is 0.312. The van der Waals surface area contributed by atoms with Crippen LogP contribution >= 0.6 is 0 Å². The predicted octanol–water partition coefficient (Wildman–Crippen LogP) is 4.69. The predicted molar refractivity (Wildman–Crippen MR) is 131 cm³/mol. The van der Waals surface area contributed by atoms with Crippen molar-refractivity contribution in [3.05, 3.63) is 65.6 Å². The Hall–Kier alpha value is -4.12. The van der Waals surface area contributed by atoms with Gasteiger partial charge in [0.15, 0.2) is 6.10 Å². The number of aromatic nitrogens is 4. The molecule has 0 fully saturated rings. The van der Waals surface area contributed by atoms with Gasteiger partial charge >= 0.3 is 0 Å². The Balaban J connectivity index is 1.45. The molecule has 0 spiro atoms. The van der Waals surface area contributed by atoms with Gasteiger partial charge < -0.3 is 24.2 Å². The van der Waals surface area contributed by atoms with E-state index in [1.807, 2.05) is 32.9 Å². The highest BCUT2D eigenvalue weighted by molar-refractivity contribution is 5.95. The summed E-state index contributed by atoms with van der Waals surface area (Å²) in [5.74, 6) is 0.844. The third kappa shape index (κ3) is 6.00. The van der Waals surface area contributed by atoms with Gasteiger partial charge in [0.05, 0.1) is 12.2 Å². The number of nitrogens with zero attached hydrogens (tertiary/aromatic N) is 4. The summed E-state index contributed by atoms with van der Waals surface area (Å²) in [7, 11) is 0. The molecule has 10 nitrogen and oxygen atoms in total. The Labute approximate surface area is 212 Å². The first kappa shape index (κ1) is 26.0. The van der Waals surface area contributed by atoms with Crippen LogP contribution in [-0.2, 0) is 0 Å². The summed E-state index contributed by atoms with van der Waals surface area (Å²) in [4.78, 5) is 20.9. The van der Waals surface area contributed by atoms with Gasteiger partial charge in [-0.1, -0.05) is 37.2 Å². The van der Waals surface area contributed by atoms with Crippen LogP contribution < -0.4 is 10.1 Å². The van der Waals surface area contributed by atoms with E-state index in [4.69, 9.17) is 18.9 Å². The van der Waals surface area contributed by atoms with Crippen molar-refractivity contribution in [1.82, 2.24) is 25.6 Å². The molecule has 2 heterocycles. The fourth-order valence-electron chi connectivity index (χ4n) is 3.41. The van der Waals surface area contributed by atoms with Crippen molar-refractivity contribution in [1.29, 1.82) is 0 Å². The first-order valence-corrected chi connectivity index (χ1v) is 11.9. The molecule has 4 aromatic rings.